The van der Waals surface area contributed by atoms with E-state index in [1.54, 1.807) is 0 Å². The molecular formula is C14H10N4O7. The van der Waals surface area contributed by atoms with Gasteiger partial charge in [-0.1, -0.05) is 12.1 Å². The number of hydrogen-bond acceptors (Lipinski definition) is 8. The highest BCUT2D eigenvalue weighted by molar-refractivity contribution is 5.99. The molecule has 128 valence electrons. The fraction of sp³-hybridized carbons (Fsp3) is 0.0714. The zero-order chi connectivity index (χ0) is 18.6. The van der Waals surface area contributed by atoms with E-state index in [0.717, 1.165) is 24.3 Å². The van der Waals surface area contributed by atoms with Gasteiger partial charge < -0.3 is 5.32 Å². The van der Waals surface area contributed by atoms with Crippen molar-refractivity contribution in [1.82, 2.24) is 0 Å². The minimum absolute atomic E-state index is 0.0614. The first-order valence-corrected chi connectivity index (χ1v) is 6.74. The first kappa shape index (κ1) is 17.5. The predicted octanol–water partition coefficient (Wildman–Crippen LogP) is 2.71. The fourth-order valence-corrected chi connectivity index (χ4v) is 2.00. The minimum atomic E-state index is -0.812. The highest BCUT2D eigenvalue weighted by Gasteiger charge is 2.20. The van der Waals surface area contributed by atoms with Crippen LogP contribution in [0.2, 0.25) is 0 Å². The van der Waals surface area contributed by atoms with Crippen LogP contribution in [0.25, 0.3) is 0 Å². The second kappa shape index (κ2) is 7.12. The summed E-state index contributed by atoms with van der Waals surface area (Å²) in [5.41, 5.74) is -1.28. The van der Waals surface area contributed by atoms with Gasteiger partial charge in [-0.05, 0) is 6.07 Å². The third-order valence-corrected chi connectivity index (χ3v) is 3.21. The summed E-state index contributed by atoms with van der Waals surface area (Å²) in [5.74, 6) is -0.531. The van der Waals surface area contributed by atoms with Gasteiger partial charge in [-0.25, -0.2) is 0 Å². The number of non-ortho nitro benzene ring substituents is 2. The summed E-state index contributed by atoms with van der Waals surface area (Å²) < 4.78 is 0. The Morgan fingerprint density at radius 1 is 0.880 bits per heavy atom. The van der Waals surface area contributed by atoms with Crippen molar-refractivity contribution < 1.29 is 19.6 Å². The summed E-state index contributed by atoms with van der Waals surface area (Å²) in [7, 11) is 0. The summed E-state index contributed by atoms with van der Waals surface area (Å²) >= 11 is 0. The van der Waals surface area contributed by atoms with Gasteiger partial charge in [0, 0.05) is 23.8 Å². The Balaban J connectivity index is 2.19. The minimum Gasteiger partial charge on any atom is -0.372 e. The highest BCUT2D eigenvalue weighted by Crippen LogP contribution is 2.28. The smallest absolute Gasteiger partial charge is 0.299 e. The molecular weight excluding hydrogens is 336 g/mol. The fourth-order valence-electron chi connectivity index (χ4n) is 2.00. The van der Waals surface area contributed by atoms with E-state index >= 15 is 0 Å². The lowest BCUT2D eigenvalue weighted by Gasteiger charge is -2.06. The van der Waals surface area contributed by atoms with Crippen LogP contribution in [0.5, 0.6) is 0 Å². The monoisotopic (exact) mass is 346 g/mol. The number of nitro groups is 3. The molecule has 0 aromatic heterocycles. The highest BCUT2D eigenvalue weighted by atomic mass is 16.6. The SMILES string of the molecule is O=C(CNc1ccc([N+](=O)[O-])cc1[N+](=O)[O-])c1cccc([N+](=O)[O-])c1. The van der Waals surface area contributed by atoms with Crippen molar-refractivity contribution in [3.63, 3.8) is 0 Å². The Hall–Kier alpha value is -3.89. The van der Waals surface area contributed by atoms with Crippen LogP contribution in [0.1, 0.15) is 10.4 Å². The second-order valence-corrected chi connectivity index (χ2v) is 4.80. The molecule has 0 saturated carbocycles. The maximum Gasteiger partial charge on any atom is 0.299 e. The zero-order valence-corrected chi connectivity index (χ0v) is 12.4. The van der Waals surface area contributed by atoms with Crippen molar-refractivity contribution in [2.24, 2.45) is 0 Å². The number of nitrogens with zero attached hydrogens (tertiary/aromatic N) is 3. The quantitative estimate of drug-likeness (QED) is 0.455. The first-order chi connectivity index (χ1) is 11.8. The van der Waals surface area contributed by atoms with E-state index in [9.17, 15) is 35.1 Å². The number of carbonyl (C=O) groups is 1. The topological polar surface area (TPSA) is 159 Å². The normalized spacial score (nSPS) is 10.1. The molecule has 0 aliphatic heterocycles. The summed E-state index contributed by atoms with van der Waals surface area (Å²) in [5, 5.41) is 34.9. The van der Waals surface area contributed by atoms with Crippen LogP contribution in [0.15, 0.2) is 42.5 Å². The molecule has 2 aromatic rings. The number of hydrogen-bond donors (Lipinski definition) is 1. The van der Waals surface area contributed by atoms with E-state index in [0.29, 0.717) is 0 Å². The number of nitro benzene ring substituents is 3. The van der Waals surface area contributed by atoms with Gasteiger partial charge in [-0.15, -0.1) is 0 Å². The molecule has 0 heterocycles. The number of anilines is 1. The van der Waals surface area contributed by atoms with Crippen molar-refractivity contribution >= 4 is 28.5 Å². The molecule has 0 atom stereocenters. The van der Waals surface area contributed by atoms with E-state index in [-0.39, 0.29) is 23.5 Å². The number of benzene rings is 2. The summed E-state index contributed by atoms with van der Waals surface area (Å²) in [6.07, 6.45) is 0. The van der Waals surface area contributed by atoms with Crippen molar-refractivity contribution in [2.75, 3.05) is 11.9 Å². The van der Waals surface area contributed by atoms with Crippen LogP contribution >= 0.6 is 0 Å². The van der Waals surface area contributed by atoms with Gasteiger partial charge in [-0.2, -0.15) is 0 Å². The molecule has 25 heavy (non-hydrogen) atoms. The standard InChI is InChI=1S/C14H10N4O7/c19-14(9-2-1-3-10(6-9)16(20)21)8-15-12-5-4-11(17(22)23)7-13(12)18(24)25/h1-7,15H,8H2. The number of carbonyl (C=O) groups excluding carboxylic acids is 1. The first-order valence-electron chi connectivity index (χ1n) is 6.74. The van der Waals surface area contributed by atoms with Crippen molar-refractivity contribution in [1.29, 1.82) is 0 Å². The van der Waals surface area contributed by atoms with E-state index in [2.05, 4.69) is 5.32 Å². The molecule has 0 aliphatic carbocycles. The van der Waals surface area contributed by atoms with E-state index in [4.69, 9.17) is 0 Å². The molecule has 11 heteroatoms. The number of ketones is 1. The average molecular weight is 346 g/mol. The predicted molar refractivity (Wildman–Crippen MR) is 85.7 cm³/mol. The van der Waals surface area contributed by atoms with Crippen LogP contribution in [0.3, 0.4) is 0 Å². The summed E-state index contributed by atoms with van der Waals surface area (Å²) in [6, 6.07) is 8.00. The van der Waals surface area contributed by atoms with Gasteiger partial charge in [0.15, 0.2) is 5.78 Å². The Bertz CT molecular complexity index is 881. The van der Waals surface area contributed by atoms with Crippen LogP contribution in [-0.4, -0.2) is 27.1 Å². The van der Waals surface area contributed by atoms with Gasteiger partial charge in [-0.3, -0.25) is 35.1 Å². The lowest BCUT2D eigenvalue weighted by atomic mass is 10.1. The maximum atomic E-state index is 12.1. The van der Waals surface area contributed by atoms with Gasteiger partial charge in [0.2, 0.25) is 0 Å². The number of nitrogens with one attached hydrogen (secondary N) is 1. The Morgan fingerprint density at radius 2 is 1.52 bits per heavy atom. The largest absolute Gasteiger partial charge is 0.372 e. The molecule has 0 saturated heterocycles. The van der Waals surface area contributed by atoms with E-state index in [1.165, 1.54) is 18.2 Å². The lowest BCUT2D eigenvalue weighted by molar-refractivity contribution is -0.393. The third kappa shape index (κ3) is 4.10. The van der Waals surface area contributed by atoms with Gasteiger partial charge >= 0.3 is 0 Å². The summed E-state index contributed by atoms with van der Waals surface area (Å²) in [4.78, 5) is 42.3. The molecule has 0 amide bonds. The molecule has 0 spiro atoms. The van der Waals surface area contributed by atoms with Crippen molar-refractivity contribution in [2.45, 2.75) is 0 Å². The Morgan fingerprint density at radius 3 is 2.12 bits per heavy atom. The lowest BCUT2D eigenvalue weighted by Crippen LogP contribution is -2.15. The maximum absolute atomic E-state index is 12.1. The summed E-state index contributed by atoms with van der Waals surface area (Å²) in [6.45, 7) is -0.375. The van der Waals surface area contributed by atoms with Crippen LogP contribution in [0.4, 0.5) is 22.7 Å². The Kier molecular flexibility index (Phi) is 4.98. The van der Waals surface area contributed by atoms with Crippen molar-refractivity contribution in [3.8, 4) is 0 Å². The molecule has 2 rings (SSSR count). The van der Waals surface area contributed by atoms with Crippen molar-refractivity contribution in [3.05, 3.63) is 78.4 Å². The van der Waals surface area contributed by atoms with Crippen LogP contribution < -0.4 is 5.32 Å². The molecule has 0 bridgehead atoms. The number of rotatable bonds is 7. The molecule has 0 fully saturated rings. The Labute approximate surface area is 139 Å². The molecule has 0 unspecified atom stereocenters. The average Bonchev–Trinajstić information content (AvgIpc) is 2.59. The number of Topliss-reactive ketones (excluding diaryl/α,β-unsaturated/α-hetero) is 1. The van der Waals surface area contributed by atoms with E-state index < -0.39 is 31.9 Å². The molecule has 1 N–H and O–H groups in total. The van der Waals surface area contributed by atoms with Gasteiger partial charge in [0.1, 0.15) is 5.69 Å². The van der Waals surface area contributed by atoms with Crippen LogP contribution in [-0.2, 0) is 0 Å². The zero-order valence-electron chi connectivity index (χ0n) is 12.4. The van der Waals surface area contributed by atoms with Gasteiger partial charge in [0.25, 0.3) is 17.1 Å². The molecule has 2 aromatic carbocycles. The second-order valence-electron chi connectivity index (χ2n) is 4.80. The third-order valence-electron chi connectivity index (χ3n) is 3.21. The van der Waals surface area contributed by atoms with Gasteiger partial charge in [0.05, 0.1) is 27.4 Å². The van der Waals surface area contributed by atoms with Crippen LogP contribution in [0, 0.1) is 30.3 Å². The molecule has 0 radical (unpaired) electrons. The molecule has 11 nitrogen and oxygen atoms in total. The molecule has 0 aliphatic rings. The van der Waals surface area contributed by atoms with E-state index in [1.807, 2.05) is 0 Å².